The van der Waals surface area contributed by atoms with Crippen LogP contribution in [0.2, 0.25) is 0 Å². The number of nitrogens with one attached hydrogen (secondary N) is 1. The maximum Gasteiger partial charge on any atom is 0.342 e. The molecule has 26 heavy (non-hydrogen) atoms. The van der Waals surface area contributed by atoms with Crippen molar-refractivity contribution in [3.63, 3.8) is 0 Å². The molecule has 7 heteroatoms. The van der Waals surface area contributed by atoms with Crippen molar-refractivity contribution in [2.45, 2.75) is 20.4 Å². The zero-order chi connectivity index (χ0) is 18.5. The smallest absolute Gasteiger partial charge is 0.342 e. The van der Waals surface area contributed by atoms with Crippen LogP contribution in [0.25, 0.3) is 5.69 Å². The van der Waals surface area contributed by atoms with E-state index in [9.17, 15) is 9.59 Å². The highest BCUT2D eigenvalue weighted by Crippen LogP contribution is 2.18. The summed E-state index contributed by atoms with van der Waals surface area (Å²) in [5, 5.41) is 9.08. The summed E-state index contributed by atoms with van der Waals surface area (Å²) in [7, 11) is 0. The van der Waals surface area contributed by atoms with Crippen LogP contribution in [-0.2, 0) is 16.1 Å². The Balaban J connectivity index is 1.63. The van der Waals surface area contributed by atoms with E-state index in [1.165, 1.54) is 0 Å². The lowest BCUT2D eigenvalue weighted by atomic mass is 10.2. The normalized spacial score (nSPS) is 10.5. The van der Waals surface area contributed by atoms with Gasteiger partial charge in [-0.15, -0.1) is 11.3 Å². The zero-order valence-corrected chi connectivity index (χ0v) is 15.4. The molecule has 0 aliphatic carbocycles. The predicted molar refractivity (Wildman–Crippen MR) is 99.5 cm³/mol. The number of ether oxygens (including phenoxy) is 1. The van der Waals surface area contributed by atoms with Gasteiger partial charge in [-0.05, 0) is 37.4 Å². The summed E-state index contributed by atoms with van der Waals surface area (Å²) >= 11 is 1.56. The minimum atomic E-state index is -0.548. The number of para-hydroxylation sites is 1. The fraction of sp³-hybridized carbons (Fsp3) is 0.211. The summed E-state index contributed by atoms with van der Waals surface area (Å²) in [6.07, 6.45) is 0. The Hall–Kier alpha value is -2.93. The molecule has 2 heterocycles. The fourth-order valence-electron chi connectivity index (χ4n) is 2.61. The van der Waals surface area contributed by atoms with Crippen LogP contribution in [0.5, 0.6) is 0 Å². The molecule has 0 fully saturated rings. The van der Waals surface area contributed by atoms with Crippen LogP contribution in [0.15, 0.2) is 47.8 Å². The monoisotopic (exact) mass is 369 g/mol. The molecule has 6 nitrogen and oxygen atoms in total. The summed E-state index contributed by atoms with van der Waals surface area (Å²) < 4.78 is 6.87. The third-order valence-electron chi connectivity index (χ3n) is 3.87. The van der Waals surface area contributed by atoms with Gasteiger partial charge in [-0.2, -0.15) is 5.10 Å². The maximum absolute atomic E-state index is 12.4. The molecule has 2 aromatic heterocycles. The Morgan fingerprint density at radius 1 is 1.15 bits per heavy atom. The van der Waals surface area contributed by atoms with Crippen molar-refractivity contribution >= 4 is 23.2 Å². The van der Waals surface area contributed by atoms with Gasteiger partial charge in [0.05, 0.1) is 23.6 Å². The Morgan fingerprint density at radius 2 is 1.92 bits per heavy atom. The van der Waals surface area contributed by atoms with Crippen LogP contribution < -0.4 is 5.32 Å². The van der Waals surface area contributed by atoms with Gasteiger partial charge in [-0.3, -0.25) is 4.79 Å². The lowest BCUT2D eigenvalue weighted by molar-refractivity contribution is -0.124. The number of hydrogen-bond acceptors (Lipinski definition) is 5. The summed E-state index contributed by atoms with van der Waals surface area (Å²) in [6.45, 7) is 3.66. The van der Waals surface area contributed by atoms with E-state index in [-0.39, 0.29) is 12.5 Å². The molecule has 0 aliphatic rings. The van der Waals surface area contributed by atoms with Gasteiger partial charge in [0.2, 0.25) is 0 Å². The van der Waals surface area contributed by atoms with E-state index in [0.29, 0.717) is 23.5 Å². The third-order valence-corrected chi connectivity index (χ3v) is 4.75. The highest BCUT2D eigenvalue weighted by Gasteiger charge is 2.21. The van der Waals surface area contributed by atoms with E-state index in [2.05, 4.69) is 10.4 Å². The zero-order valence-electron chi connectivity index (χ0n) is 14.6. The standard InChI is InChI=1S/C19H19N3O3S/c1-13-18(14(2)22(21-13)15-7-4-3-5-8-15)19(24)25-12-17(23)20-11-16-9-6-10-26-16/h3-10H,11-12H2,1-2H3,(H,20,23). The van der Waals surface area contributed by atoms with Crippen molar-refractivity contribution in [3.8, 4) is 5.69 Å². The predicted octanol–water partition coefficient (Wildman–Crippen LogP) is 3.02. The number of benzene rings is 1. The molecule has 0 saturated carbocycles. The number of carbonyl (C=O) groups is 2. The molecule has 134 valence electrons. The first kappa shape index (κ1) is 17.9. The Morgan fingerprint density at radius 3 is 2.62 bits per heavy atom. The van der Waals surface area contributed by atoms with Crippen molar-refractivity contribution in [2.75, 3.05) is 6.61 Å². The van der Waals surface area contributed by atoms with Gasteiger partial charge >= 0.3 is 5.97 Å². The van der Waals surface area contributed by atoms with Crippen LogP contribution >= 0.6 is 11.3 Å². The van der Waals surface area contributed by atoms with Gasteiger partial charge in [-0.25, -0.2) is 9.48 Å². The van der Waals surface area contributed by atoms with Crippen molar-refractivity contribution in [2.24, 2.45) is 0 Å². The number of esters is 1. The number of nitrogens with zero attached hydrogens (tertiary/aromatic N) is 2. The van der Waals surface area contributed by atoms with E-state index < -0.39 is 5.97 Å². The molecule has 3 aromatic rings. The van der Waals surface area contributed by atoms with Crippen LogP contribution in [0.4, 0.5) is 0 Å². The fourth-order valence-corrected chi connectivity index (χ4v) is 3.26. The first-order chi connectivity index (χ1) is 12.6. The second kappa shape index (κ2) is 7.97. The maximum atomic E-state index is 12.4. The number of aryl methyl sites for hydroxylation is 1. The lowest BCUT2D eigenvalue weighted by Gasteiger charge is -2.07. The molecular formula is C19H19N3O3S. The van der Waals surface area contributed by atoms with E-state index in [0.717, 1.165) is 10.6 Å². The molecule has 0 unspecified atom stereocenters. The number of amides is 1. The van der Waals surface area contributed by atoms with Crippen molar-refractivity contribution in [1.82, 2.24) is 15.1 Å². The number of hydrogen-bond donors (Lipinski definition) is 1. The second-order valence-corrected chi connectivity index (χ2v) is 6.76. The van der Waals surface area contributed by atoms with Crippen LogP contribution in [0.3, 0.4) is 0 Å². The van der Waals surface area contributed by atoms with Crippen LogP contribution in [-0.4, -0.2) is 28.3 Å². The average Bonchev–Trinajstić information content (AvgIpc) is 3.26. The van der Waals surface area contributed by atoms with E-state index in [1.54, 1.807) is 29.9 Å². The van der Waals surface area contributed by atoms with Crippen molar-refractivity contribution < 1.29 is 14.3 Å². The van der Waals surface area contributed by atoms with Gasteiger partial charge in [0, 0.05) is 4.88 Å². The van der Waals surface area contributed by atoms with Crippen molar-refractivity contribution in [3.05, 3.63) is 69.7 Å². The SMILES string of the molecule is Cc1nn(-c2ccccc2)c(C)c1C(=O)OCC(=O)NCc1cccs1. The van der Waals surface area contributed by atoms with E-state index >= 15 is 0 Å². The highest BCUT2D eigenvalue weighted by molar-refractivity contribution is 7.09. The topological polar surface area (TPSA) is 73.2 Å². The Labute approximate surface area is 155 Å². The second-order valence-electron chi connectivity index (χ2n) is 5.73. The van der Waals surface area contributed by atoms with E-state index in [1.807, 2.05) is 47.8 Å². The molecule has 0 saturated heterocycles. The van der Waals surface area contributed by atoms with Gasteiger partial charge < -0.3 is 10.1 Å². The summed E-state index contributed by atoms with van der Waals surface area (Å²) in [5.74, 6) is -0.883. The van der Waals surface area contributed by atoms with Gasteiger partial charge in [0.1, 0.15) is 5.56 Å². The quantitative estimate of drug-likeness (QED) is 0.678. The molecule has 1 aromatic carbocycles. The molecule has 3 rings (SSSR count). The Kier molecular flexibility index (Phi) is 5.48. The number of aromatic nitrogens is 2. The number of rotatable bonds is 6. The minimum Gasteiger partial charge on any atom is -0.452 e. The average molecular weight is 369 g/mol. The summed E-state index contributed by atoms with van der Waals surface area (Å²) in [4.78, 5) is 25.3. The number of carbonyl (C=O) groups excluding carboxylic acids is 2. The largest absolute Gasteiger partial charge is 0.452 e. The molecule has 1 N–H and O–H groups in total. The Bertz CT molecular complexity index is 902. The lowest BCUT2D eigenvalue weighted by Crippen LogP contribution is -2.28. The highest BCUT2D eigenvalue weighted by atomic mass is 32.1. The molecule has 0 bridgehead atoms. The molecule has 1 amide bonds. The molecular weight excluding hydrogens is 350 g/mol. The molecule has 0 atom stereocenters. The molecule has 0 spiro atoms. The van der Waals surface area contributed by atoms with Crippen molar-refractivity contribution in [1.29, 1.82) is 0 Å². The summed E-state index contributed by atoms with van der Waals surface area (Å²) in [6, 6.07) is 13.4. The van der Waals surface area contributed by atoms with Gasteiger partial charge in [0.25, 0.3) is 5.91 Å². The van der Waals surface area contributed by atoms with Crippen LogP contribution in [0, 0.1) is 13.8 Å². The minimum absolute atomic E-state index is 0.320. The molecule has 0 aliphatic heterocycles. The van der Waals surface area contributed by atoms with Crippen LogP contribution in [0.1, 0.15) is 26.6 Å². The first-order valence-electron chi connectivity index (χ1n) is 8.14. The van der Waals surface area contributed by atoms with E-state index in [4.69, 9.17) is 4.74 Å². The van der Waals surface area contributed by atoms with Gasteiger partial charge in [-0.1, -0.05) is 24.3 Å². The number of thiophene rings is 1. The summed E-state index contributed by atoms with van der Waals surface area (Å²) in [5.41, 5.74) is 2.49. The third kappa shape index (κ3) is 4.00. The first-order valence-corrected chi connectivity index (χ1v) is 9.02. The van der Waals surface area contributed by atoms with Gasteiger partial charge in [0.15, 0.2) is 6.61 Å². The molecule has 0 radical (unpaired) electrons.